The number of hydrogen-bond acceptors (Lipinski definition) is 4. The van der Waals surface area contributed by atoms with E-state index in [1.54, 1.807) is 13.0 Å². The zero-order valence-corrected chi connectivity index (χ0v) is 20.3. The summed E-state index contributed by atoms with van der Waals surface area (Å²) in [7, 11) is -4.10. The fourth-order valence-corrected chi connectivity index (χ4v) is 4.19. The lowest BCUT2D eigenvalue weighted by molar-refractivity contribution is -0.850. The van der Waals surface area contributed by atoms with Crippen LogP contribution in [0.5, 0.6) is 5.75 Å². The highest BCUT2D eigenvalue weighted by molar-refractivity contribution is 7.92. The highest BCUT2D eigenvalue weighted by atomic mass is 35.5. The summed E-state index contributed by atoms with van der Waals surface area (Å²) in [6.45, 7) is 1.66. The molecule has 0 aliphatic carbocycles. The summed E-state index contributed by atoms with van der Waals surface area (Å²) in [5.74, 6) is -0.448. The first-order valence-electron chi connectivity index (χ1n) is 8.46. The molecule has 12 heteroatoms. The van der Waals surface area contributed by atoms with E-state index in [0.29, 0.717) is 5.70 Å². The summed E-state index contributed by atoms with van der Waals surface area (Å²) in [5.41, 5.74) is 1.51. The predicted octanol–water partition coefficient (Wildman–Crippen LogP) is 5.19. The van der Waals surface area contributed by atoms with E-state index >= 15 is 0 Å². The Bertz CT molecular complexity index is 1130. The van der Waals surface area contributed by atoms with E-state index in [4.69, 9.17) is 56.3 Å². The smallest absolute Gasteiger partial charge is 0.262 e. The van der Waals surface area contributed by atoms with Gasteiger partial charge in [0.05, 0.1) is 31.5 Å². The predicted molar refractivity (Wildman–Crippen MR) is 125 cm³/mol. The lowest BCUT2D eigenvalue weighted by Gasteiger charge is -2.14. The number of benzene rings is 2. The molecule has 172 valence electrons. The van der Waals surface area contributed by atoms with Crippen LogP contribution in [0.25, 0.3) is 0 Å². The molecule has 2 rings (SSSR count). The first kappa shape index (κ1) is 28.1. The number of nitrogens with two attached hydrogens (primary N) is 1. The Hall–Kier alpha value is -1.96. The second-order valence-electron chi connectivity index (χ2n) is 5.86. The minimum absolute atomic E-state index is 0.00745. The van der Waals surface area contributed by atoms with E-state index in [1.807, 2.05) is 0 Å². The second-order valence-corrected chi connectivity index (χ2v) is 9.03. The molecule has 2 aromatic carbocycles. The van der Waals surface area contributed by atoms with Crippen LogP contribution in [0.4, 0.5) is 10.1 Å². The number of hydroxylamine groups is 1. The van der Waals surface area contributed by atoms with E-state index < -0.39 is 15.8 Å². The molecule has 0 aromatic heterocycles. The Balaban J connectivity index is 0.00000249. The molecule has 6 nitrogen and oxygen atoms in total. The van der Waals surface area contributed by atoms with Crippen molar-refractivity contribution < 1.29 is 28.2 Å². The zero-order chi connectivity index (χ0) is 24.5. The minimum Gasteiger partial charge on any atom is -0.457 e. The zero-order valence-electron chi connectivity index (χ0n) is 16.5. The van der Waals surface area contributed by atoms with Gasteiger partial charge in [-0.3, -0.25) is 4.72 Å². The Labute approximate surface area is 205 Å². The first-order valence-corrected chi connectivity index (χ1v) is 11.6. The van der Waals surface area contributed by atoms with Gasteiger partial charge in [-0.05, 0) is 36.4 Å². The number of anilines is 1. The first-order chi connectivity index (χ1) is 15.1. The van der Waals surface area contributed by atoms with E-state index in [1.165, 1.54) is 12.1 Å². The molecule has 0 heterocycles. The molecule has 0 atom stereocenters. The van der Waals surface area contributed by atoms with Gasteiger partial charge in [0.1, 0.15) is 17.3 Å². The van der Waals surface area contributed by atoms with Crippen LogP contribution in [0.3, 0.4) is 0 Å². The van der Waals surface area contributed by atoms with E-state index in [2.05, 4.69) is 17.6 Å². The molecule has 0 amide bonds. The Morgan fingerprint density at radius 3 is 2.25 bits per heavy atom. The van der Waals surface area contributed by atoms with Crippen molar-refractivity contribution >= 4 is 62.1 Å². The standard InChI is InChI=1S/C18H15Cl4FN2O4S.C2H2/c1-10(24-26)2-4-12(9-19)29-18-15(21)7-13(8-16(18)22)30(27,28)25-11-3-5-17(23)14(20)6-11;1-2/h2-8,24-26H,9H2,1H3;1-2H/p+1/b10-2+,12-4+;. The number of ether oxygens (including phenoxy) is 1. The van der Waals surface area contributed by atoms with Gasteiger partial charge in [0.15, 0.2) is 5.75 Å². The number of halogens is 5. The second kappa shape index (κ2) is 12.9. The van der Waals surface area contributed by atoms with Crippen LogP contribution >= 0.6 is 46.4 Å². The van der Waals surface area contributed by atoms with Gasteiger partial charge in [-0.1, -0.05) is 34.8 Å². The van der Waals surface area contributed by atoms with Gasteiger partial charge in [-0.25, -0.2) is 18.0 Å². The molecule has 0 saturated heterocycles. The SMILES string of the molecule is C#C.C/C(=C\C=C(/CCl)Oc1c(Cl)cc(S(=O)(=O)Nc2ccc(F)c(Cl)c2)cc1Cl)[NH2+]O. The van der Waals surface area contributed by atoms with Crippen molar-refractivity contribution in [3.8, 4) is 18.6 Å². The van der Waals surface area contributed by atoms with Gasteiger partial charge in [-0.15, -0.1) is 24.4 Å². The van der Waals surface area contributed by atoms with Gasteiger partial charge in [-0.2, -0.15) is 5.48 Å². The average Bonchev–Trinajstić information content (AvgIpc) is 2.76. The van der Waals surface area contributed by atoms with Gasteiger partial charge in [0.25, 0.3) is 10.0 Å². The van der Waals surface area contributed by atoms with Gasteiger partial charge >= 0.3 is 0 Å². The lowest BCUT2D eigenvalue weighted by atomic mass is 10.3. The van der Waals surface area contributed by atoms with Gasteiger partial charge < -0.3 is 4.74 Å². The molecular weight excluding hydrogens is 525 g/mol. The van der Waals surface area contributed by atoms with E-state index in [9.17, 15) is 12.8 Å². The Morgan fingerprint density at radius 1 is 1.16 bits per heavy atom. The Morgan fingerprint density at radius 2 is 1.75 bits per heavy atom. The summed E-state index contributed by atoms with van der Waals surface area (Å²) >= 11 is 23.9. The molecule has 32 heavy (non-hydrogen) atoms. The summed E-state index contributed by atoms with van der Waals surface area (Å²) < 4.78 is 46.4. The van der Waals surface area contributed by atoms with Crippen LogP contribution in [0, 0.1) is 18.7 Å². The fraction of sp³-hybridized carbons (Fsp3) is 0.100. The lowest BCUT2D eigenvalue weighted by Crippen LogP contribution is -2.77. The third-order valence-electron chi connectivity index (χ3n) is 3.55. The Kier molecular flexibility index (Phi) is 11.3. The number of quaternary nitrogens is 1. The van der Waals surface area contributed by atoms with Crippen LogP contribution in [-0.2, 0) is 10.0 Å². The molecule has 0 saturated carbocycles. The van der Waals surface area contributed by atoms with Crippen molar-refractivity contribution in [3.05, 3.63) is 74.8 Å². The molecule has 0 aliphatic rings. The number of terminal acetylenes is 1. The molecule has 0 spiro atoms. The maximum atomic E-state index is 13.3. The minimum atomic E-state index is -4.10. The highest BCUT2D eigenvalue weighted by Gasteiger charge is 2.20. The quantitative estimate of drug-likeness (QED) is 0.141. The number of rotatable bonds is 8. The topological polar surface area (TPSA) is 92.2 Å². The van der Waals surface area contributed by atoms with Crippen LogP contribution < -0.4 is 14.9 Å². The van der Waals surface area contributed by atoms with Crippen molar-refractivity contribution in [1.29, 1.82) is 0 Å². The number of nitrogens with one attached hydrogen (secondary N) is 1. The number of alkyl halides is 1. The summed E-state index contributed by atoms with van der Waals surface area (Å²) in [6, 6.07) is 5.67. The largest absolute Gasteiger partial charge is 0.457 e. The third kappa shape index (κ3) is 7.87. The molecule has 2 aromatic rings. The van der Waals surface area contributed by atoms with Crippen LogP contribution in [0.2, 0.25) is 15.1 Å². The van der Waals surface area contributed by atoms with Crippen molar-refractivity contribution in [2.24, 2.45) is 0 Å². The van der Waals surface area contributed by atoms with Crippen LogP contribution in [0.1, 0.15) is 6.92 Å². The molecular formula is C20H18Cl4FN2O4S+. The van der Waals surface area contributed by atoms with Crippen molar-refractivity contribution in [2.45, 2.75) is 11.8 Å². The van der Waals surface area contributed by atoms with Crippen LogP contribution in [0.15, 0.2) is 58.8 Å². The number of allylic oxidation sites excluding steroid dienone is 4. The van der Waals surface area contributed by atoms with Gasteiger partial charge in [0, 0.05) is 13.0 Å². The number of hydrogen-bond donors (Lipinski definition) is 3. The third-order valence-corrected chi connectivity index (χ3v) is 6.03. The van der Waals surface area contributed by atoms with E-state index in [-0.39, 0.29) is 43.0 Å². The van der Waals surface area contributed by atoms with Crippen molar-refractivity contribution in [2.75, 3.05) is 10.6 Å². The molecule has 0 radical (unpaired) electrons. The summed E-state index contributed by atoms with van der Waals surface area (Å²) in [5, 5.41) is 8.52. The van der Waals surface area contributed by atoms with Gasteiger partial charge in [0.2, 0.25) is 0 Å². The normalized spacial score (nSPS) is 12.0. The molecule has 0 fully saturated rings. The number of sulfonamides is 1. The summed E-state index contributed by atoms with van der Waals surface area (Å²) in [6.07, 6.45) is 11.1. The maximum absolute atomic E-state index is 13.3. The van der Waals surface area contributed by atoms with Crippen molar-refractivity contribution in [3.63, 3.8) is 0 Å². The van der Waals surface area contributed by atoms with Crippen molar-refractivity contribution in [1.82, 2.24) is 0 Å². The molecule has 0 unspecified atom stereocenters. The average molecular weight is 543 g/mol. The highest BCUT2D eigenvalue weighted by Crippen LogP contribution is 2.37. The monoisotopic (exact) mass is 541 g/mol. The summed E-state index contributed by atoms with van der Waals surface area (Å²) in [4.78, 5) is -0.243. The molecule has 0 bridgehead atoms. The fourth-order valence-electron chi connectivity index (χ4n) is 2.07. The maximum Gasteiger partial charge on any atom is 0.262 e. The molecule has 0 aliphatic heterocycles. The molecule has 4 N–H and O–H groups in total. The van der Waals surface area contributed by atoms with Crippen LogP contribution in [-0.4, -0.2) is 19.5 Å². The van der Waals surface area contributed by atoms with E-state index in [0.717, 1.165) is 29.7 Å².